The largest absolute Gasteiger partial charge is 0.497 e. The Bertz CT molecular complexity index is 763. The maximum absolute atomic E-state index is 13.9. The van der Waals surface area contributed by atoms with Crippen molar-refractivity contribution in [1.29, 1.82) is 0 Å². The van der Waals surface area contributed by atoms with Gasteiger partial charge < -0.3 is 9.64 Å². The molecule has 1 aliphatic rings. The van der Waals surface area contributed by atoms with Gasteiger partial charge in [0.1, 0.15) is 11.6 Å². The van der Waals surface area contributed by atoms with Crippen LogP contribution in [0.5, 0.6) is 5.75 Å². The summed E-state index contributed by atoms with van der Waals surface area (Å²) in [5.74, 6) is 0.594. The van der Waals surface area contributed by atoms with Crippen LogP contribution in [0.2, 0.25) is 0 Å². The molecule has 5 heteroatoms. The normalized spacial score (nSPS) is 13.5. The number of carbonyl (C=O) groups is 1. The predicted octanol–water partition coefficient (Wildman–Crippen LogP) is 4.11. The maximum atomic E-state index is 13.9. The second-order valence-electron chi connectivity index (χ2n) is 5.94. The summed E-state index contributed by atoms with van der Waals surface area (Å²) in [5.41, 5.74) is 2.97. The molecule has 2 aromatic carbocycles. The van der Waals surface area contributed by atoms with Gasteiger partial charge in [-0.3, -0.25) is 4.79 Å². The summed E-state index contributed by atoms with van der Waals surface area (Å²) in [6, 6.07) is 11.0. The minimum absolute atomic E-state index is 0.0609. The van der Waals surface area contributed by atoms with Crippen LogP contribution in [0.4, 0.5) is 4.39 Å². The lowest BCUT2D eigenvalue weighted by Crippen LogP contribution is -2.36. The molecule has 3 nitrogen and oxygen atoms in total. The minimum atomic E-state index is -0.272. The number of hydrogen-bond acceptors (Lipinski definition) is 2. The second-order valence-corrected chi connectivity index (χ2v) is 6.85. The lowest BCUT2D eigenvalue weighted by molar-refractivity contribution is -0.132. The molecule has 0 saturated heterocycles. The third-order valence-corrected chi connectivity index (χ3v) is 4.89. The fourth-order valence-electron chi connectivity index (χ4n) is 3.00. The van der Waals surface area contributed by atoms with Crippen LogP contribution in [0.1, 0.15) is 23.1 Å². The molecule has 0 saturated carbocycles. The van der Waals surface area contributed by atoms with Crippen molar-refractivity contribution in [3.8, 4) is 5.75 Å². The van der Waals surface area contributed by atoms with Gasteiger partial charge in [-0.1, -0.05) is 28.1 Å². The number of carbonyl (C=O) groups excluding carboxylic acids is 1. The lowest BCUT2D eigenvalue weighted by atomic mass is 9.99. The van der Waals surface area contributed by atoms with Crippen molar-refractivity contribution in [2.75, 3.05) is 13.7 Å². The van der Waals surface area contributed by atoms with E-state index < -0.39 is 0 Å². The number of methoxy groups -OCH3 is 1. The van der Waals surface area contributed by atoms with Gasteiger partial charge in [-0.25, -0.2) is 4.39 Å². The van der Waals surface area contributed by atoms with E-state index in [9.17, 15) is 9.18 Å². The summed E-state index contributed by atoms with van der Waals surface area (Å²) >= 11 is 3.24. The summed E-state index contributed by atoms with van der Waals surface area (Å²) < 4.78 is 19.8. The van der Waals surface area contributed by atoms with Crippen LogP contribution in [0.25, 0.3) is 0 Å². The molecular weight excluding hydrogens is 373 g/mol. The number of fused-ring (bicyclic) bond motifs is 1. The van der Waals surface area contributed by atoms with Crippen LogP contribution in [0.15, 0.2) is 40.9 Å². The standard InChI is InChI=1S/C19H19BrFNO2/c1-24-17-6-3-13-8-9-22(12-15(13)10-17)19(23)7-4-14-2-5-16(20)11-18(14)21/h2-3,5-6,10-11H,4,7-9,12H2,1H3. The van der Waals surface area contributed by atoms with Gasteiger partial charge >= 0.3 is 0 Å². The van der Waals surface area contributed by atoms with E-state index >= 15 is 0 Å². The highest BCUT2D eigenvalue weighted by molar-refractivity contribution is 9.10. The smallest absolute Gasteiger partial charge is 0.223 e. The van der Waals surface area contributed by atoms with Crippen LogP contribution < -0.4 is 4.74 Å². The van der Waals surface area contributed by atoms with Gasteiger partial charge in [0.15, 0.2) is 0 Å². The molecule has 0 aliphatic carbocycles. The molecule has 0 atom stereocenters. The SMILES string of the molecule is COc1ccc2c(c1)CN(C(=O)CCc1ccc(Br)cc1F)CC2. The van der Waals surface area contributed by atoms with Gasteiger partial charge in [-0.15, -0.1) is 0 Å². The Balaban J connectivity index is 1.63. The molecule has 0 unspecified atom stereocenters. The second kappa shape index (κ2) is 7.34. The molecule has 1 amide bonds. The highest BCUT2D eigenvalue weighted by Crippen LogP contribution is 2.24. The molecule has 0 radical (unpaired) electrons. The number of aryl methyl sites for hydroxylation is 1. The van der Waals surface area contributed by atoms with Gasteiger partial charge in [0, 0.05) is 24.0 Å². The van der Waals surface area contributed by atoms with Crippen molar-refractivity contribution in [1.82, 2.24) is 4.90 Å². The summed E-state index contributed by atoms with van der Waals surface area (Å²) in [6.45, 7) is 1.30. The van der Waals surface area contributed by atoms with Gasteiger partial charge in [0.05, 0.1) is 7.11 Å². The molecule has 0 spiro atoms. The summed E-state index contributed by atoms with van der Waals surface area (Å²) in [4.78, 5) is 14.3. The fraction of sp³-hybridized carbons (Fsp3) is 0.316. The van der Waals surface area contributed by atoms with Gasteiger partial charge in [0.25, 0.3) is 0 Å². The van der Waals surface area contributed by atoms with Gasteiger partial charge in [-0.2, -0.15) is 0 Å². The van der Waals surface area contributed by atoms with Crippen molar-refractivity contribution in [2.45, 2.75) is 25.8 Å². The first-order valence-electron chi connectivity index (χ1n) is 7.94. The van der Waals surface area contributed by atoms with Gasteiger partial charge in [0.2, 0.25) is 5.91 Å². The number of benzene rings is 2. The van der Waals surface area contributed by atoms with Crippen molar-refractivity contribution in [3.05, 3.63) is 63.4 Å². The average molecular weight is 392 g/mol. The molecule has 0 fully saturated rings. The Labute approximate surface area is 149 Å². The molecular formula is C19H19BrFNO2. The van der Waals surface area contributed by atoms with E-state index in [0.717, 1.165) is 17.7 Å². The van der Waals surface area contributed by atoms with E-state index in [1.54, 1.807) is 19.2 Å². The zero-order chi connectivity index (χ0) is 17.1. The third-order valence-electron chi connectivity index (χ3n) is 4.40. The molecule has 0 bridgehead atoms. The Hall–Kier alpha value is -1.88. The average Bonchev–Trinajstić information content (AvgIpc) is 2.59. The van der Waals surface area contributed by atoms with E-state index in [2.05, 4.69) is 22.0 Å². The Morgan fingerprint density at radius 3 is 2.83 bits per heavy atom. The van der Waals surface area contributed by atoms with Crippen molar-refractivity contribution < 1.29 is 13.9 Å². The quantitative estimate of drug-likeness (QED) is 0.784. The van der Waals surface area contributed by atoms with Crippen LogP contribution in [0.3, 0.4) is 0 Å². The third kappa shape index (κ3) is 3.78. The molecule has 126 valence electrons. The van der Waals surface area contributed by atoms with E-state index in [4.69, 9.17) is 4.74 Å². The first-order chi connectivity index (χ1) is 11.6. The Morgan fingerprint density at radius 1 is 1.25 bits per heavy atom. The highest BCUT2D eigenvalue weighted by atomic mass is 79.9. The highest BCUT2D eigenvalue weighted by Gasteiger charge is 2.21. The zero-order valence-corrected chi connectivity index (χ0v) is 15.1. The monoisotopic (exact) mass is 391 g/mol. The number of hydrogen-bond donors (Lipinski definition) is 0. The van der Waals surface area contributed by atoms with Crippen LogP contribution in [0, 0.1) is 5.82 Å². The lowest BCUT2D eigenvalue weighted by Gasteiger charge is -2.29. The van der Waals surface area contributed by atoms with Crippen LogP contribution >= 0.6 is 15.9 Å². The summed E-state index contributed by atoms with van der Waals surface area (Å²) in [6.07, 6.45) is 1.58. The topological polar surface area (TPSA) is 29.5 Å². The van der Waals surface area contributed by atoms with Crippen molar-refractivity contribution >= 4 is 21.8 Å². The van der Waals surface area contributed by atoms with E-state index in [1.807, 2.05) is 17.0 Å². The number of ether oxygens (including phenoxy) is 1. The number of amides is 1. The molecule has 1 heterocycles. The van der Waals surface area contributed by atoms with Crippen molar-refractivity contribution in [3.63, 3.8) is 0 Å². The van der Waals surface area contributed by atoms with Gasteiger partial charge in [-0.05, 0) is 53.8 Å². The number of rotatable bonds is 4. The molecule has 1 aliphatic heterocycles. The Kier molecular flexibility index (Phi) is 5.19. The van der Waals surface area contributed by atoms with Crippen molar-refractivity contribution in [2.24, 2.45) is 0 Å². The molecule has 24 heavy (non-hydrogen) atoms. The maximum Gasteiger partial charge on any atom is 0.223 e. The fourth-order valence-corrected chi connectivity index (χ4v) is 3.33. The first-order valence-corrected chi connectivity index (χ1v) is 8.73. The van der Waals surface area contributed by atoms with Crippen LogP contribution in [-0.2, 0) is 24.2 Å². The minimum Gasteiger partial charge on any atom is -0.497 e. The molecule has 0 N–H and O–H groups in total. The van der Waals surface area contributed by atoms with E-state index in [1.165, 1.54) is 11.6 Å². The molecule has 0 aromatic heterocycles. The van der Waals surface area contributed by atoms with E-state index in [0.29, 0.717) is 36.0 Å². The molecule has 2 aromatic rings. The summed E-state index contributed by atoms with van der Waals surface area (Å²) in [7, 11) is 1.64. The predicted molar refractivity (Wildman–Crippen MR) is 94.5 cm³/mol. The Morgan fingerprint density at radius 2 is 2.08 bits per heavy atom. The number of nitrogens with zero attached hydrogens (tertiary/aromatic N) is 1. The number of halogens is 2. The molecule has 3 rings (SSSR count). The van der Waals surface area contributed by atoms with Crippen LogP contribution in [-0.4, -0.2) is 24.5 Å². The summed E-state index contributed by atoms with van der Waals surface area (Å²) in [5, 5.41) is 0. The first kappa shape index (κ1) is 17.0. The zero-order valence-electron chi connectivity index (χ0n) is 13.5. The van der Waals surface area contributed by atoms with E-state index in [-0.39, 0.29) is 11.7 Å².